The monoisotopic (exact) mass is 910 g/mol. The maximum atomic E-state index is 13.9. The second-order valence-corrected chi connectivity index (χ2v) is 20.7. The number of hydrogen-bond donors (Lipinski definition) is 2. The van der Waals surface area contributed by atoms with Crippen LogP contribution in [0.3, 0.4) is 0 Å². The second kappa shape index (κ2) is 22.2. The van der Waals surface area contributed by atoms with Crippen LogP contribution in [0.4, 0.5) is 11.4 Å². The Bertz CT molecular complexity index is 2160. The predicted molar refractivity (Wildman–Crippen MR) is 256 cm³/mol. The highest BCUT2D eigenvalue weighted by Gasteiger charge is 2.39. The number of amides is 2. The number of methoxy groups -OCH3 is 2. The molecule has 4 saturated carbocycles. The molecule has 2 amide bonds. The quantitative estimate of drug-likeness (QED) is 0.142. The van der Waals surface area contributed by atoms with Gasteiger partial charge in [-0.05, 0) is 138 Å². The Kier molecular flexibility index (Phi) is 16.5. The van der Waals surface area contributed by atoms with Crippen LogP contribution < -0.4 is 9.80 Å². The van der Waals surface area contributed by atoms with E-state index in [9.17, 15) is 29.4 Å². The zero-order valence-corrected chi connectivity index (χ0v) is 39.5. The molecule has 2 aromatic heterocycles. The molecule has 2 heterocycles. The van der Waals surface area contributed by atoms with Crippen LogP contribution in [0.1, 0.15) is 136 Å². The number of aromatic carboxylic acids is 1. The van der Waals surface area contributed by atoms with Crippen LogP contribution in [0, 0.1) is 23.7 Å². The van der Waals surface area contributed by atoms with E-state index in [1.165, 1.54) is 29.8 Å². The summed E-state index contributed by atoms with van der Waals surface area (Å²) in [4.78, 5) is 59.2. The van der Waals surface area contributed by atoms with Crippen LogP contribution in [0.25, 0.3) is 20.9 Å². The van der Waals surface area contributed by atoms with Crippen molar-refractivity contribution in [2.45, 2.75) is 141 Å². The summed E-state index contributed by atoms with van der Waals surface area (Å²) in [5, 5.41) is 20.1. The third kappa shape index (κ3) is 11.4. The fourth-order valence-electron chi connectivity index (χ4n) is 10.3. The average molecular weight is 911 g/mol. The normalized spacial score (nSPS) is 25.9. The molecule has 4 aliphatic carbocycles. The number of ether oxygens (including phenoxy) is 2. The molecule has 64 heavy (non-hydrogen) atoms. The lowest BCUT2D eigenvalue weighted by atomic mass is 9.81. The summed E-state index contributed by atoms with van der Waals surface area (Å²) in [6, 6.07) is 23.7. The Morgan fingerprint density at radius 3 is 1.38 bits per heavy atom. The van der Waals surface area contributed by atoms with Crippen molar-refractivity contribution in [1.29, 1.82) is 0 Å². The number of carboxylic acid groups (broad SMARTS) is 1. The van der Waals surface area contributed by atoms with Crippen LogP contribution >= 0.6 is 22.7 Å². The third-order valence-electron chi connectivity index (χ3n) is 14.2. The van der Waals surface area contributed by atoms with E-state index in [1.54, 1.807) is 7.11 Å². The Labute approximate surface area is 387 Å². The van der Waals surface area contributed by atoms with Gasteiger partial charge in [0.25, 0.3) is 0 Å². The van der Waals surface area contributed by atoms with Crippen molar-refractivity contribution >= 4 is 57.8 Å². The Morgan fingerprint density at radius 2 is 0.969 bits per heavy atom. The summed E-state index contributed by atoms with van der Waals surface area (Å²) in [5.74, 6) is 0.153. The minimum atomic E-state index is -0.965. The number of aliphatic hydroxyl groups excluding tert-OH is 1. The van der Waals surface area contributed by atoms with E-state index in [0.29, 0.717) is 40.9 Å². The molecule has 8 rings (SSSR count). The standard InChI is InChI=1S/2C26H33NO4S/c1-17-8-10-19(11-9-17)25(28)27(20-12-14-21(31-2)15-13-20)22-16-23(32-24(22)26(29)30)18-6-4-3-5-7-18;1-17-8-10-19(11-9-17)25(29)27(20-12-14-21(28)15-13-20)22-16-23(18-6-4-3-5-7-18)32-24(22)26(30)31-2/h3-7,16-17,19-21H,8-15H2,1-2H3,(H,29,30);3-7,16-17,19-21,28H,8-15H2,1-2H3. The zero-order valence-electron chi connectivity index (χ0n) is 37.9. The Hall–Kier alpha value is -4.36. The van der Waals surface area contributed by atoms with E-state index < -0.39 is 11.9 Å². The van der Waals surface area contributed by atoms with Crippen molar-refractivity contribution in [2.24, 2.45) is 23.7 Å². The molecule has 4 aliphatic rings. The lowest BCUT2D eigenvalue weighted by Crippen LogP contribution is -2.47. The number of carbonyl (C=O) groups is 4. The summed E-state index contributed by atoms with van der Waals surface area (Å²) < 4.78 is 10.7. The first-order valence-electron chi connectivity index (χ1n) is 23.5. The van der Waals surface area contributed by atoms with Gasteiger partial charge in [0.05, 0.1) is 30.7 Å². The molecular formula is C52H66N2O8S2. The minimum Gasteiger partial charge on any atom is -0.477 e. The van der Waals surface area contributed by atoms with Gasteiger partial charge in [0.1, 0.15) is 9.75 Å². The molecule has 2 aromatic carbocycles. The molecule has 4 fully saturated rings. The van der Waals surface area contributed by atoms with Gasteiger partial charge in [0.2, 0.25) is 11.8 Å². The molecule has 10 nitrogen and oxygen atoms in total. The molecule has 0 aliphatic heterocycles. The van der Waals surface area contributed by atoms with Crippen LogP contribution in [-0.2, 0) is 19.1 Å². The van der Waals surface area contributed by atoms with Crippen molar-refractivity contribution < 1.29 is 38.9 Å². The highest BCUT2D eigenvalue weighted by Crippen LogP contribution is 2.44. The molecule has 0 radical (unpaired) electrons. The van der Waals surface area contributed by atoms with Gasteiger partial charge in [-0.15, -0.1) is 22.7 Å². The van der Waals surface area contributed by atoms with Crippen LogP contribution in [0.15, 0.2) is 72.8 Å². The average Bonchev–Trinajstić information content (AvgIpc) is 3.97. The van der Waals surface area contributed by atoms with Crippen LogP contribution in [0.2, 0.25) is 0 Å². The minimum absolute atomic E-state index is 0.00752. The van der Waals surface area contributed by atoms with Crippen LogP contribution in [0.5, 0.6) is 0 Å². The molecule has 0 saturated heterocycles. The third-order valence-corrected chi connectivity index (χ3v) is 16.5. The molecule has 0 atom stereocenters. The smallest absolute Gasteiger partial charge is 0.350 e. The van der Waals surface area contributed by atoms with Gasteiger partial charge in [0.15, 0.2) is 0 Å². The molecule has 12 heteroatoms. The van der Waals surface area contributed by atoms with E-state index in [1.807, 2.05) is 82.6 Å². The predicted octanol–water partition coefficient (Wildman–Crippen LogP) is 11.9. The van der Waals surface area contributed by atoms with Crippen molar-refractivity contribution in [3.63, 3.8) is 0 Å². The van der Waals surface area contributed by atoms with Gasteiger partial charge in [-0.2, -0.15) is 0 Å². The molecule has 0 spiro atoms. The number of carbonyl (C=O) groups excluding carboxylic acids is 3. The van der Waals surface area contributed by atoms with E-state index >= 15 is 0 Å². The van der Waals surface area contributed by atoms with Gasteiger partial charge in [-0.3, -0.25) is 9.59 Å². The van der Waals surface area contributed by atoms with Gasteiger partial charge < -0.3 is 29.5 Å². The van der Waals surface area contributed by atoms with Crippen LogP contribution in [-0.4, -0.2) is 72.5 Å². The van der Waals surface area contributed by atoms with E-state index in [-0.39, 0.29) is 52.8 Å². The van der Waals surface area contributed by atoms with E-state index in [0.717, 1.165) is 111 Å². The summed E-state index contributed by atoms with van der Waals surface area (Å²) >= 11 is 2.65. The Balaban J connectivity index is 0.000000191. The fourth-order valence-corrected chi connectivity index (χ4v) is 12.3. The number of thiophene rings is 2. The van der Waals surface area contributed by atoms with Crippen molar-refractivity contribution in [1.82, 2.24) is 0 Å². The second-order valence-electron chi connectivity index (χ2n) is 18.6. The first kappa shape index (κ1) is 47.6. The molecule has 4 aromatic rings. The highest BCUT2D eigenvalue weighted by molar-refractivity contribution is 7.18. The van der Waals surface area contributed by atoms with Gasteiger partial charge >= 0.3 is 11.9 Å². The number of benzene rings is 2. The number of hydrogen-bond acceptors (Lipinski definition) is 9. The molecule has 2 N–H and O–H groups in total. The molecule has 344 valence electrons. The summed E-state index contributed by atoms with van der Waals surface area (Å²) in [6.45, 7) is 4.50. The number of nitrogens with zero attached hydrogens (tertiary/aromatic N) is 2. The maximum absolute atomic E-state index is 13.9. The maximum Gasteiger partial charge on any atom is 0.350 e. The summed E-state index contributed by atoms with van der Waals surface area (Å²) in [7, 11) is 3.13. The zero-order chi connectivity index (χ0) is 45.3. The van der Waals surface area contributed by atoms with Crippen molar-refractivity contribution in [3.05, 3.63) is 82.6 Å². The summed E-state index contributed by atoms with van der Waals surface area (Å²) in [5.41, 5.74) is 3.25. The molecule has 0 bridgehead atoms. The topological polar surface area (TPSA) is 134 Å². The van der Waals surface area contributed by atoms with Gasteiger partial charge in [-0.25, -0.2) is 9.59 Å². The lowest BCUT2D eigenvalue weighted by Gasteiger charge is -2.39. The van der Waals surface area contributed by atoms with Gasteiger partial charge in [0, 0.05) is 40.8 Å². The van der Waals surface area contributed by atoms with E-state index in [2.05, 4.69) is 13.8 Å². The van der Waals surface area contributed by atoms with Crippen molar-refractivity contribution in [3.8, 4) is 20.9 Å². The lowest BCUT2D eigenvalue weighted by molar-refractivity contribution is -0.125. The van der Waals surface area contributed by atoms with Gasteiger partial charge in [-0.1, -0.05) is 74.5 Å². The number of rotatable bonds is 11. The largest absolute Gasteiger partial charge is 0.477 e. The number of aliphatic hydroxyl groups is 1. The number of carboxylic acids is 1. The molecule has 0 unspecified atom stereocenters. The first-order valence-corrected chi connectivity index (χ1v) is 25.2. The highest BCUT2D eigenvalue weighted by atomic mass is 32.1. The number of esters is 1. The van der Waals surface area contributed by atoms with E-state index in [4.69, 9.17) is 9.47 Å². The summed E-state index contributed by atoms with van der Waals surface area (Å²) in [6.07, 6.45) is 14.1. The SMILES string of the molecule is COC(=O)c1sc(-c2ccccc2)cc1N(C(=O)C1CCC(C)CC1)C1CCC(O)CC1.COC1CCC(N(C(=O)C2CCC(C)CC2)c2cc(-c3ccccc3)sc2C(=O)O)CC1. The number of anilines is 2. The Morgan fingerprint density at radius 1 is 0.562 bits per heavy atom. The molecular weight excluding hydrogens is 845 g/mol. The van der Waals surface area contributed by atoms with Crippen molar-refractivity contribution in [2.75, 3.05) is 24.0 Å². The first-order chi connectivity index (χ1) is 30.9. The fraction of sp³-hybridized carbons (Fsp3) is 0.538.